The molecule has 7 heteroatoms. The van der Waals surface area contributed by atoms with E-state index in [2.05, 4.69) is 56.2 Å². The van der Waals surface area contributed by atoms with Gasteiger partial charge in [-0.1, -0.05) is 6.92 Å². The smallest absolute Gasteiger partial charge is 0.244 e. The zero-order valence-electron chi connectivity index (χ0n) is 13.4. The number of aromatic nitrogens is 3. The molecule has 21 heavy (non-hydrogen) atoms. The minimum absolute atomic E-state index is 0.629. The zero-order chi connectivity index (χ0) is 15.1. The van der Waals surface area contributed by atoms with E-state index in [1.54, 1.807) is 6.20 Å². The normalized spacial score (nSPS) is 16.5. The maximum Gasteiger partial charge on any atom is 0.244 e. The molecule has 1 aromatic heterocycles. The molecule has 0 bridgehead atoms. The molecule has 118 valence electrons. The van der Waals surface area contributed by atoms with Gasteiger partial charge in [0.2, 0.25) is 5.95 Å². The highest BCUT2D eigenvalue weighted by molar-refractivity contribution is 5.40. The lowest BCUT2D eigenvalue weighted by Crippen LogP contribution is -2.46. The van der Waals surface area contributed by atoms with Crippen LogP contribution in [0.3, 0.4) is 0 Å². The SMILES string of the molecule is CCN1CCN(c2cnnc(NCCCN(C)C)n2)CC1. The third-order valence-electron chi connectivity index (χ3n) is 3.75. The van der Waals surface area contributed by atoms with E-state index in [9.17, 15) is 0 Å². The van der Waals surface area contributed by atoms with Crippen LogP contribution in [-0.4, -0.2) is 84.9 Å². The summed E-state index contributed by atoms with van der Waals surface area (Å²) in [5.74, 6) is 1.56. The first-order valence-electron chi connectivity index (χ1n) is 7.74. The molecule has 1 aliphatic heterocycles. The summed E-state index contributed by atoms with van der Waals surface area (Å²) in [5, 5.41) is 11.4. The molecule has 7 nitrogen and oxygen atoms in total. The van der Waals surface area contributed by atoms with Crippen molar-refractivity contribution in [1.82, 2.24) is 25.0 Å². The Bertz CT molecular complexity index is 416. The molecule has 2 heterocycles. The van der Waals surface area contributed by atoms with Crippen LogP contribution in [0.25, 0.3) is 0 Å². The molecular weight excluding hydrogens is 266 g/mol. The van der Waals surface area contributed by atoms with Gasteiger partial charge in [-0.3, -0.25) is 0 Å². The molecule has 0 spiro atoms. The van der Waals surface area contributed by atoms with E-state index in [-0.39, 0.29) is 0 Å². The lowest BCUT2D eigenvalue weighted by atomic mass is 10.3. The fourth-order valence-electron chi connectivity index (χ4n) is 2.41. The third kappa shape index (κ3) is 5.09. The van der Waals surface area contributed by atoms with E-state index in [1.807, 2.05) is 0 Å². The van der Waals surface area contributed by atoms with Crippen LogP contribution in [0.1, 0.15) is 13.3 Å². The fourth-order valence-corrected chi connectivity index (χ4v) is 2.41. The summed E-state index contributed by atoms with van der Waals surface area (Å²) in [7, 11) is 4.16. The standard InChI is InChI=1S/C14H27N7/c1-4-20-8-10-21(11-9-20)13-12-16-18-14(17-13)15-6-5-7-19(2)3/h12H,4-11H2,1-3H3,(H,15,17,18). The maximum atomic E-state index is 4.57. The topological polar surface area (TPSA) is 60.4 Å². The molecule has 0 atom stereocenters. The highest BCUT2D eigenvalue weighted by Gasteiger charge is 2.17. The van der Waals surface area contributed by atoms with E-state index >= 15 is 0 Å². The lowest BCUT2D eigenvalue weighted by Gasteiger charge is -2.34. The van der Waals surface area contributed by atoms with Crippen LogP contribution in [0.4, 0.5) is 11.8 Å². The van der Waals surface area contributed by atoms with Gasteiger partial charge in [-0.2, -0.15) is 10.1 Å². The molecule has 2 rings (SSSR count). The summed E-state index contributed by atoms with van der Waals surface area (Å²) in [6.45, 7) is 9.44. The molecule has 0 radical (unpaired) electrons. The van der Waals surface area contributed by atoms with Crippen molar-refractivity contribution in [2.24, 2.45) is 0 Å². The van der Waals surface area contributed by atoms with Crippen LogP contribution in [0.5, 0.6) is 0 Å². The van der Waals surface area contributed by atoms with E-state index in [4.69, 9.17) is 0 Å². The van der Waals surface area contributed by atoms with Crippen LogP contribution in [0, 0.1) is 0 Å². The van der Waals surface area contributed by atoms with Crippen LogP contribution in [0.15, 0.2) is 6.20 Å². The average molecular weight is 293 g/mol. The Kier molecular flexibility index (Phi) is 6.13. The minimum atomic E-state index is 0.629. The highest BCUT2D eigenvalue weighted by atomic mass is 15.3. The first-order valence-corrected chi connectivity index (χ1v) is 7.74. The first kappa shape index (κ1) is 15.9. The number of anilines is 2. The predicted molar refractivity (Wildman–Crippen MR) is 85.8 cm³/mol. The first-order chi connectivity index (χ1) is 10.2. The van der Waals surface area contributed by atoms with Gasteiger partial charge in [0.15, 0.2) is 5.82 Å². The van der Waals surface area contributed by atoms with Crippen LogP contribution < -0.4 is 10.2 Å². The number of likely N-dealkylation sites (N-methyl/N-ethyl adjacent to an activating group) is 1. The van der Waals surface area contributed by atoms with E-state index in [0.717, 1.165) is 58.1 Å². The number of nitrogens with zero attached hydrogens (tertiary/aromatic N) is 6. The average Bonchev–Trinajstić information content (AvgIpc) is 2.52. The van der Waals surface area contributed by atoms with Gasteiger partial charge in [-0.25, -0.2) is 0 Å². The summed E-state index contributed by atoms with van der Waals surface area (Å²) < 4.78 is 0. The highest BCUT2D eigenvalue weighted by Crippen LogP contribution is 2.13. The maximum absolute atomic E-state index is 4.57. The molecular formula is C14H27N7. The van der Waals surface area contributed by atoms with Crippen LogP contribution in [0.2, 0.25) is 0 Å². The Morgan fingerprint density at radius 3 is 2.67 bits per heavy atom. The van der Waals surface area contributed by atoms with Crippen molar-refractivity contribution in [3.05, 3.63) is 6.20 Å². The molecule has 1 aromatic rings. The van der Waals surface area contributed by atoms with Gasteiger partial charge < -0.3 is 20.0 Å². The quantitative estimate of drug-likeness (QED) is 0.729. The summed E-state index contributed by atoms with van der Waals surface area (Å²) in [6, 6.07) is 0. The van der Waals surface area contributed by atoms with Crippen LogP contribution >= 0.6 is 0 Å². The second-order valence-electron chi connectivity index (χ2n) is 5.64. The van der Waals surface area contributed by atoms with E-state index in [1.165, 1.54) is 0 Å². The molecule has 1 N–H and O–H groups in total. The van der Waals surface area contributed by atoms with Crippen molar-refractivity contribution < 1.29 is 0 Å². The van der Waals surface area contributed by atoms with E-state index < -0.39 is 0 Å². The predicted octanol–water partition coefficient (Wildman–Crippen LogP) is 0.377. The Morgan fingerprint density at radius 1 is 1.24 bits per heavy atom. The Morgan fingerprint density at radius 2 is 2.00 bits per heavy atom. The van der Waals surface area contributed by atoms with Crippen molar-refractivity contribution in [1.29, 1.82) is 0 Å². The summed E-state index contributed by atoms with van der Waals surface area (Å²) >= 11 is 0. The number of nitrogens with one attached hydrogen (secondary N) is 1. The molecule has 1 aliphatic rings. The molecule has 1 saturated heterocycles. The third-order valence-corrected chi connectivity index (χ3v) is 3.75. The minimum Gasteiger partial charge on any atom is -0.353 e. The molecule has 0 saturated carbocycles. The Hall–Kier alpha value is -1.47. The van der Waals surface area contributed by atoms with Gasteiger partial charge in [0.1, 0.15) is 0 Å². The van der Waals surface area contributed by atoms with Crippen molar-refractivity contribution in [2.75, 3.05) is 70.1 Å². The van der Waals surface area contributed by atoms with Crippen molar-refractivity contribution in [3.8, 4) is 0 Å². The number of piperazine rings is 1. The Labute approximate surface area is 127 Å². The van der Waals surface area contributed by atoms with Gasteiger partial charge >= 0.3 is 0 Å². The van der Waals surface area contributed by atoms with Crippen molar-refractivity contribution in [3.63, 3.8) is 0 Å². The largest absolute Gasteiger partial charge is 0.353 e. The molecule has 1 fully saturated rings. The fraction of sp³-hybridized carbons (Fsp3) is 0.786. The lowest BCUT2D eigenvalue weighted by molar-refractivity contribution is 0.270. The van der Waals surface area contributed by atoms with E-state index in [0.29, 0.717) is 5.95 Å². The van der Waals surface area contributed by atoms with Gasteiger partial charge in [-0.15, -0.1) is 5.10 Å². The summed E-state index contributed by atoms with van der Waals surface area (Å²) in [6.07, 6.45) is 2.82. The zero-order valence-corrected chi connectivity index (χ0v) is 13.4. The molecule has 0 aliphatic carbocycles. The van der Waals surface area contributed by atoms with Crippen molar-refractivity contribution in [2.45, 2.75) is 13.3 Å². The van der Waals surface area contributed by atoms with Gasteiger partial charge in [0, 0.05) is 32.7 Å². The Balaban J connectivity index is 1.83. The molecule has 0 aromatic carbocycles. The summed E-state index contributed by atoms with van der Waals surface area (Å²) in [4.78, 5) is 11.5. The monoisotopic (exact) mass is 293 g/mol. The number of rotatable bonds is 7. The number of hydrogen-bond acceptors (Lipinski definition) is 7. The summed E-state index contributed by atoms with van der Waals surface area (Å²) in [5.41, 5.74) is 0. The second-order valence-corrected chi connectivity index (χ2v) is 5.64. The number of hydrogen-bond donors (Lipinski definition) is 1. The van der Waals surface area contributed by atoms with Gasteiger partial charge in [-0.05, 0) is 33.6 Å². The molecule has 0 unspecified atom stereocenters. The van der Waals surface area contributed by atoms with Crippen LogP contribution in [-0.2, 0) is 0 Å². The van der Waals surface area contributed by atoms with Crippen molar-refractivity contribution >= 4 is 11.8 Å². The second kappa shape index (κ2) is 8.09. The van der Waals surface area contributed by atoms with Gasteiger partial charge in [0.05, 0.1) is 6.20 Å². The van der Waals surface area contributed by atoms with Gasteiger partial charge in [0.25, 0.3) is 0 Å². The molecule has 0 amide bonds.